The fourth-order valence-corrected chi connectivity index (χ4v) is 3.00. The van der Waals surface area contributed by atoms with Gasteiger partial charge >= 0.3 is 0 Å². The summed E-state index contributed by atoms with van der Waals surface area (Å²) < 4.78 is 5.21. The quantitative estimate of drug-likeness (QED) is 0.940. The van der Waals surface area contributed by atoms with E-state index in [1.807, 2.05) is 12.1 Å². The van der Waals surface area contributed by atoms with Crippen LogP contribution >= 0.6 is 11.6 Å². The maximum atomic E-state index is 6.22. The minimum atomic E-state index is 0.663. The summed E-state index contributed by atoms with van der Waals surface area (Å²) in [6.45, 7) is 3.75. The maximum Gasteiger partial charge on any atom is 0.137 e. The van der Waals surface area contributed by atoms with Crippen molar-refractivity contribution in [1.29, 1.82) is 0 Å². The number of methoxy groups -OCH3 is 1. The van der Waals surface area contributed by atoms with Gasteiger partial charge in [0.25, 0.3) is 0 Å². The summed E-state index contributed by atoms with van der Waals surface area (Å²) in [5, 5.41) is 4.12. The predicted molar refractivity (Wildman–Crippen MR) is 87.2 cm³/mol. The van der Waals surface area contributed by atoms with Crippen LogP contribution < -0.4 is 15.0 Å². The van der Waals surface area contributed by atoms with E-state index in [1.165, 1.54) is 16.8 Å². The molecule has 1 N–H and O–H groups in total. The lowest BCUT2D eigenvalue weighted by molar-refractivity contribution is 0.415. The van der Waals surface area contributed by atoms with Crippen LogP contribution in [0.15, 0.2) is 42.5 Å². The highest BCUT2D eigenvalue weighted by Crippen LogP contribution is 2.28. The number of nitrogens with one attached hydrogen (secondary N) is 1. The lowest BCUT2D eigenvalue weighted by Crippen LogP contribution is -2.28. The SMILES string of the molecule is COc1ccc(CN2CCNCc3ccccc32)cc1Cl. The van der Waals surface area contributed by atoms with E-state index in [0.717, 1.165) is 31.9 Å². The van der Waals surface area contributed by atoms with Gasteiger partial charge in [-0.1, -0.05) is 35.9 Å². The maximum absolute atomic E-state index is 6.22. The first kappa shape index (κ1) is 14.2. The topological polar surface area (TPSA) is 24.5 Å². The third kappa shape index (κ3) is 3.14. The molecule has 110 valence electrons. The Morgan fingerprint density at radius 1 is 1.24 bits per heavy atom. The normalized spacial score (nSPS) is 14.5. The lowest BCUT2D eigenvalue weighted by Gasteiger charge is -2.25. The Morgan fingerprint density at radius 2 is 2.10 bits per heavy atom. The molecule has 2 aromatic rings. The monoisotopic (exact) mass is 302 g/mol. The van der Waals surface area contributed by atoms with Crippen molar-refractivity contribution in [2.24, 2.45) is 0 Å². The number of hydrogen-bond acceptors (Lipinski definition) is 3. The standard InChI is InChI=1S/C17H19ClN2O/c1-21-17-7-6-13(10-15(17)18)12-20-9-8-19-11-14-4-2-3-5-16(14)20/h2-7,10,19H,8-9,11-12H2,1H3. The molecule has 0 unspecified atom stereocenters. The molecule has 0 fully saturated rings. The zero-order valence-corrected chi connectivity index (χ0v) is 12.9. The van der Waals surface area contributed by atoms with Crippen molar-refractivity contribution >= 4 is 17.3 Å². The molecule has 0 amide bonds. The highest BCUT2D eigenvalue weighted by Gasteiger charge is 2.15. The third-order valence-corrected chi connectivity index (χ3v) is 4.09. The molecule has 0 saturated carbocycles. The number of rotatable bonds is 3. The van der Waals surface area contributed by atoms with Gasteiger partial charge in [-0.15, -0.1) is 0 Å². The third-order valence-electron chi connectivity index (χ3n) is 3.80. The highest BCUT2D eigenvalue weighted by molar-refractivity contribution is 6.32. The number of nitrogens with zero attached hydrogens (tertiary/aromatic N) is 1. The zero-order chi connectivity index (χ0) is 14.7. The molecule has 0 aliphatic carbocycles. The van der Waals surface area contributed by atoms with E-state index in [2.05, 4.69) is 40.5 Å². The van der Waals surface area contributed by atoms with E-state index in [0.29, 0.717) is 5.02 Å². The number of hydrogen-bond donors (Lipinski definition) is 1. The smallest absolute Gasteiger partial charge is 0.137 e. The number of para-hydroxylation sites is 1. The number of ether oxygens (including phenoxy) is 1. The number of benzene rings is 2. The summed E-state index contributed by atoms with van der Waals surface area (Å²) in [4.78, 5) is 2.40. The zero-order valence-electron chi connectivity index (χ0n) is 12.1. The van der Waals surface area contributed by atoms with E-state index < -0.39 is 0 Å². The van der Waals surface area contributed by atoms with Gasteiger partial charge in [-0.05, 0) is 29.3 Å². The van der Waals surface area contributed by atoms with E-state index in [-0.39, 0.29) is 0 Å². The molecular weight excluding hydrogens is 284 g/mol. The van der Waals surface area contributed by atoms with Gasteiger partial charge in [0.15, 0.2) is 0 Å². The van der Waals surface area contributed by atoms with Crippen molar-refractivity contribution in [2.75, 3.05) is 25.1 Å². The Morgan fingerprint density at radius 3 is 2.90 bits per heavy atom. The summed E-state index contributed by atoms with van der Waals surface area (Å²) in [6, 6.07) is 14.5. The van der Waals surface area contributed by atoms with E-state index >= 15 is 0 Å². The fraction of sp³-hybridized carbons (Fsp3) is 0.294. The molecule has 2 aromatic carbocycles. The van der Waals surface area contributed by atoms with Gasteiger partial charge < -0.3 is 15.0 Å². The van der Waals surface area contributed by atoms with Crippen LogP contribution in [0.2, 0.25) is 5.02 Å². The van der Waals surface area contributed by atoms with Gasteiger partial charge in [0, 0.05) is 31.9 Å². The molecule has 1 aliphatic heterocycles. The average Bonchev–Trinajstić information content (AvgIpc) is 2.70. The van der Waals surface area contributed by atoms with Crippen molar-refractivity contribution in [2.45, 2.75) is 13.1 Å². The predicted octanol–water partition coefficient (Wildman–Crippen LogP) is 3.46. The second kappa shape index (κ2) is 6.37. The molecule has 4 heteroatoms. The Labute approximate surface area is 130 Å². The molecule has 0 radical (unpaired) electrons. The van der Waals surface area contributed by atoms with Crippen LogP contribution in [0.4, 0.5) is 5.69 Å². The van der Waals surface area contributed by atoms with Crippen LogP contribution in [0, 0.1) is 0 Å². The Hall–Kier alpha value is -1.71. The summed E-state index contributed by atoms with van der Waals surface area (Å²) in [5.74, 6) is 0.721. The van der Waals surface area contributed by atoms with E-state index in [4.69, 9.17) is 16.3 Å². The molecule has 0 aromatic heterocycles. The Bertz CT molecular complexity index is 630. The Kier molecular flexibility index (Phi) is 4.32. The lowest BCUT2D eigenvalue weighted by atomic mass is 10.1. The first-order valence-corrected chi connectivity index (χ1v) is 7.51. The van der Waals surface area contributed by atoms with Crippen LogP contribution in [0.25, 0.3) is 0 Å². The van der Waals surface area contributed by atoms with Gasteiger partial charge in [-0.2, -0.15) is 0 Å². The molecule has 0 spiro atoms. The molecule has 1 aliphatic rings. The van der Waals surface area contributed by atoms with Crippen molar-refractivity contribution in [1.82, 2.24) is 5.32 Å². The van der Waals surface area contributed by atoms with Crippen molar-refractivity contribution in [3.05, 3.63) is 58.6 Å². The highest BCUT2D eigenvalue weighted by atomic mass is 35.5. The van der Waals surface area contributed by atoms with Crippen molar-refractivity contribution in [3.8, 4) is 5.75 Å². The van der Waals surface area contributed by atoms with Crippen molar-refractivity contribution in [3.63, 3.8) is 0 Å². The summed E-state index contributed by atoms with van der Waals surface area (Å²) in [5.41, 5.74) is 3.83. The van der Waals surface area contributed by atoms with Gasteiger partial charge in [-0.3, -0.25) is 0 Å². The minimum absolute atomic E-state index is 0.663. The summed E-state index contributed by atoms with van der Waals surface area (Å²) >= 11 is 6.22. The second-order valence-corrected chi connectivity index (χ2v) is 5.60. The average molecular weight is 303 g/mol. The largest absolute Gasteiger partial charge is 0.495 e. The molecule has 3 rings (SSSR count). The van der Waals surface area contributed by atoms with E-state index in [1.54, 1.807) is 7.11 Å². The van der Waals surface area contributed by atoms with Crippen molar-refractivity contribution < 1.29 is 4.74 Å². The first-order valence-electron chi connectivity index (χ1n) is 7.14. The molecular formula is C17H19ClN2O. The minimum Gasteiger partial charge on any atom is -0.495 e. The summed E-state index contributed by atoms with van der Waals surface area (Å²) in [7, 11) is 1.64. The van der Waals surface area contributed by atoms with Crippen LogP contribution in [0.3, 0.4) is 0 Å². The molecule has 3 nitrogen and oxygen atoms in total. The summed E-state index contributed by atoms with van der Waals surface area (Å²) in [6.07, 6.45) is 0. The van der Waals surface area contributed by atoms with Gasteiger partial charge in [-0.25, -0.2) is 0 Å². The number of anilines is 1. The molecule has 1 heterocycles. The molecule has 0 bridgehead atoms. The van der Waals surface area contributed by atoms with Crippen LogP contribution in [0.5, 0.6) is 5.75 Å². The van der Waals surface area contributed by atoms with Crippen LogP contribution in [-0.2, 0) is 13.1 Å². The second-order valence-electron chi connectivity index (χ2n) is 5.20. The number of halogens is 1. The molecule has 0 atom stereocenters. The Balaban J connectivity index is 1.86. The van der Waals surface area contributed by atoms with Gasteiger partial charge in [0.1, 0.15) is 5.75 Å². The van der Waals surface area contributed by atoms with Gasteiger partial charge in [0.05, 0.1) is 12.1 Å². The van der Waals surface area contributed by atoms with Gasteiger partial charge in [0.2, 0.25) is 0 Å². The van der Waals surface area contributed by atoms with Crippen LogP contribution in [-0.4, -0.2) is 20.2 Å². The fourth-order valence-electron chi connectivity index (χ4n) is 2.72. The van der Waals surface area contributed by atoms with Crippen LogP contribution in [0.1, 0.15) is 11.1 Å². The number of fused-ring (bicyclic) bond motifs is 1. The molecule has 21 heavy (non-hydrogen) atoms. The molecule has 0 saturated heterocycles. The van der Waals surface area contributed by atoms with E-state index in [9.17, 15) is 0 Å². The first-order chi connectivity index (χ1) is 10.3.